The molecule has 0 aliphatic rings. The van der Waals surface area contributed by atoms with Crippen LogP contribution in [-0.4, -0.2) is 38.1 Å². The Labute approximate surface area is 87.6 Å². The van der Waals surface area contributed by atoms with Gasteiger partial charge in [0.05, 0.1) is 33.7 Å². The van der Waals surface area contributed by atoms with E-state index in [4.69, 9.17) is 0 Å². The van der Waals surface area contributed by atoms with Crippen LogP contribution >= 0.6 is 0 Å². The van der Waals surface area contributed by atoms with E-state index in [1.54, 1.807) is 0 Å². The molecular formula is C11H23NO2. The zero-order valence-electron chi connectivity index (χ0n) is 10.1. The Balaban J connectivity index is 0. The summed E-state index contributed by atoms with van der Waals surface area (Å²) < 4.78 is 1.07. The van der Waals surface area contributed by atoms with Crippen molar-refractivity contribution in [2.24, 2.45) is 0 Å². The predicted molar refractivity (Wildman–Crippen MR) is 57.6 cm³/mol. The van der Waals surface area contributed by atoms with E-state index in [2.05, 4.69) is 34.6 Å². The molecule has 0 aromatic carbocycles. The van der Waals surface area contributed by atoms with Crippen molar-refractivity contribution in [2.75, 3.05) is 27.7 Å². The molecule has 0 aliphatic heterocycles. The normalized spacial score (nSPS) is 10.1. The number of carboxylic acid groups (broad SMARTS) is 1. The number of nitrogens with zero attached hydrogens (tertiary/aromatic N) is 1. The number of rotatable bonds is 4. The average molecular weight is 201 g/mol. The molecule has 0 aromatic rings. The lowest BCUT2D eigenvalue weighted by atomic mass is 10.2. The van der Waals surface area contributed by atoms with Crippen molar-refractivity contribution in [1.29, 1.82) is 0 Å². The van der Waals surface area contributed by atoms with Crippen LogP contribution in [-0.2, 0) is 4.79 Å². The Bertz CT molecular complexity index is 180. The summed E-state index contributed by atoms with van der Waals surface area (Å²) >= 11 is 0. The first kappa shape index (κ1) is 15.6. The summed E-state index contributed by atoms with van der Waals surface area (Å²) in [7, 11) is 6.54. The summed E-state index contributed by atoms with van der Waals surface area (Å²) in [6.45, 7) is 8.57. The molecule has 0 saturated heterocycles. The predicted octanol–water partition coefficient (Wildman–Crippen LogP) is 0.805. The quantitative estimate of drug-likeness (QED) is 0.499. The zero-order chi connectivity index (χ0) is 11.8. The second kappa shape index (κ2) is 7.56. The van der Waals surface area contributed by atoms with Gasteiger partial charge in [0.15, 0.2) is 0 Å². The van der Waals surface area contributed by atoms with E-state index < -0.39 is 5.97 Å². The molecule has 84 valence electrons. The molecule has 3 heteroatoms. The number of carbonyl (C=O) groups excluding carboxylic acids is 1. The van der Waals surface area contributed by atoms with Gasteiger partial charge in [-0.1, -0.05) is 19.9 Å². The number of hydrogen-bond acceptors (Lipinski definition) is 2. The van der Waals surface area contributed by atoms with E-state index in [9.17, 15) is 9.90 Å². The van der Waals surface area contributed by atoms with Crippen LogP contribution < -0.4 is 5.11 Å². The Morgan fingerprint density at radius 3 is 1.71 bits per heavy atom. The van der Waals surface area contributed by atoms with Gasteiger partial charge in [-0.15, -0.1) is 0 Å². The van der Waals surface area contributed by atoms with Gasteiger partial charge in [-0.2, -0.15) is 0 Å². The standard InChI is InChI=1S/C6H10O2.C5H14N/c1-3-4-5(2)6(7)8;1-5-6(2,3)4/h2-4H2,1H3,(H,7,8);5H2,1-4H3/q;+1/p-1. The van der Waals surface area contributed by atoms with Gasteiger partial charge in [0.2, 0.25) is 0 Å². The third kappa shape index (κ3) is 13.7. The number of aliphatic carboxylic acids is 1. The van der Waals surface area contributed by atoms with E-state index in [0.717, 1.165) is 10.9 Å². The number of carbonyl (C=O) groups is 1. The van der Waals surface area contributed by atoms with Crippen molar-refractivity contribution in [2.45, 2.75) is 26.7 Å². The molecule has 0 N–H and O–H groups in total. The summed E-state index contributed by atoms with van der Waals surface area (Å²) in [5, 5.41) is 9.88. The summed E-state index contributed by atoms with van der Waals surface area (Å²) in [6, 6.07) is 0. The van der Waals surface area contributed by atoms with Crippen LogP contribution in [0.25, 0.3) is 0 Å². The van der Waals surface area contributed by atoms with E-state index in [0.29, 0.717) is 6.42 Å². The molecule has 0 unspecified atom stereocenters. The molecule has 0 bridgehead atoms. The molecule has 0 radical (unpaired) electrons. The maximum atomic E-state index is 9.88. The van der Waals surface area contributed by atoms with Crippen LogP contribution in [0.3, 0.4) is 0 Å². The Morgan fingerprint density at radius 1 is 1.29 bits per heavy atom. The van der Waals surface area contributed by atoms with Crippen LogP contribution in [0.15, 0.2) is 12.2 Å². The zero-order valence-corrected chi connectivity index (χ0v) is 10.1. The Hall–Kier alpha value is -0.830. The van der Waals surface area contributed by atoms with Crippen molar-refractivity contribution in [3.05, 3.63) is 12.2 Å². The molecule has 0 amide bonds. The van der Waals surface area contributed by atoms with E-state index in [1.807, 2.05) is 6.92 Å². The molecule has 0 fully saturated rings. The van der Waals surface area contributed by atoms with Crippen molar-refractivity contribution < 1.29 is 14.4 Å². The molecule has 14 heavy (non-hydrogen) atoms. The van der Waals surface area contributed by atoms with Crippen LogP contribution in [0.4, 0.5) is 0 Å². The first-order valence-electron chi connectivity index (χ1n) is 4.94. The molecule has 0 aromatic heterocycles. The first-order valence-corrected chi connectivity index (χ1v) is 4.94. The highest BCUT2D eigenvalue weighted by Gasteiger charge is 1.97. The minimum absolute atomic E-state index is 0.188. The lowest BCUT2D eigenvalue weighted by Crippen LogP contribution is -2.33. The van der Waals surface area contributed by atoms with Crippen molar-refractivity contribution >= 4 is 5.97 Å². The number of carboxylic acids is 1. The highest BCUT2D eigenvalue weighted by atomic mass is 16.4. The van der Waals surface area contributed by atoms with Gasteiger partial charge in [0, 0.05) is 0 Å². The lowest BCUT2D eigenvalue weighted by molar-refractivity contribution is -0.868. The fraction of sp³-hybridized carbons (Fsp3) is 0.727. The monoisotopic (exact) mass is 201 g/mol. The van der Waals surface area contributed by atoms with Gasteiger partial charge in [-0.3, -0.25) is 0 Å². The fourth-order valence-corrected chi connectivity index (χ4v) is 0.404. The number of hydrogen-bond donors (Lipinski definition) is 0. The second-order valence-corrected chi connectivity index (χ2v) is 4.25. The topological polar surface area (TPSA) is 40.1 Å². The first-order chi connectivity index (χ1) is 6.24. The molecular weight excluding hydrogens is 178 g/mol. The third-order valence-electron chi connectivity index (χ3n) is 1.79. The SMILES string of the molecule is C=C(CCC)C(=O)[O-].CC[N+](C)(C)C. The molecule has 0 rings (SSSR count). The average Bonchev–Trinajstić information content (AvgIpc) is 2.04. The van der Waals surface area contributed by atoms with E-state index in [-0.39, 0.29) is 5.57 Å². The number of quaternary nitrogens is 1. The van der Waals surface area contributed by atoms with Gasteiger partial charge in [0.25, 0.3) is 0 Å². The largest absolute Gasteiger partial charge is 0.545 e. The van der Waals surface area contributed by atoms with Gasteiger partial charge in [-0.25, -0.2) is 0 Å². The van der Waals surface area contributed by atoms with Gasteiger partial charge < -0.3 is 14.4 Å². The third-order valence-corrected chi connectivity index (χ3v) is 1.79. The summed E-state index contributed by atoms with van der Waals surface area (Å²) in [5.41, 5.74) is 0.188. The van der Waals surface area contributed by atoms with Crippen molar-refractivity contribution in [3.63, 3.8) is 0 Å². The van der Waals surface area contributed by atoms with Crippen LogP contribution in [0.5, 0.6) is 0 Å². The minimum Gasteiger partial charge on any atom is -0.545 e. The maximum Gasteiger partial charge on any atom is 0.0751 e. The summed E-state index contributed by atoms with van der Waals surface area (Å²) in [5.74, 6) is -1.13. The summed E-state index contributed by atoms with van der Waals surface area (Å²) in [6.07, 6.45) is 1.34. The minimum atomic E-state index is -1.13. The molecule has 0 aliphatic carbocycles. The van der Waals surface area contributed by atoms with Crippen molar-refractivity contribution in [1.82, 2.24) is 0 Å². The maximum absolute atomic E-state index is 9.88. The highest BCUT2D eigenvalue weighted by Crippen LogP contribution is 1.97. The molecule has 3 nitrogen and oxygen atoms in total. The lowest BCUT2D eigenvalue weighted by Gasteiger charge is -2.20. The van der Waals surface area contributed by atoms with Gasteiger partial charge in [-0.05, 0) is 18.9 Å². The van der Waals surface area contributed by atoms with Crippen LogP contribution in [0.2, 0.25) is 0 Å². The Kier molecular flexibility index (Phi) is 8.44. The van der Waals surface area contributed by atoms with E-state index in [1.165, 1.54) is 6.54 Å². The molecule has 0 heterocycles. The van der Waals surface area contributed by atoms with Gasteiger partial charge in [0.1, 0.15) is 0 Å². The molecule has 0 saturated carbocycles. The van der Waals surface area contributed by atoms with Crippen molar-refractivity contribution in [3.8, 4) is 0 Å². The summed E-state index contributed by atoms with van der Waals surface area (Å²) in [4.78, 5) is 9.88. The van der Waals surface area contributed by atoms with Gasteiger partial charge >= 0.3 is 0 Å². The molecule has 0 atom stereocenters. The Morgan fingerprint density at radius 2 is 1.64 bits per heavy atom. The fourth-order valence-electron chi connectivity index (χ4n) is 0.404. The van der Waals surface area contributed by atoms with E-state index >= 15 is 0 Å². The highest BCUT2D eigenvalue weighted by molar-refractivity contribution is 5.83. The molecule has 0 spiro atoms. The second-order valence-electron chi connectivity index (χ2n) is 4.25. The smallest absolute Gasteiger partial charge is 0.0751 e. The van der Waals surface area contributed by atoms with Crippen LogP contribution in [0, 0.1) is 0 Å². The van der Waals surface area contributed by atoms with Crippen LogP contribution in [0.1, 0.15) is 26.7 Å².